The number of rotatable bonds is 2. The molecular formula is C10H10O2S. The maximum atomic E-state index is 10.9. The Morgan fingerprint density at radius 1 is 1.08 bits per heavy atom. The first-order chi connectivity index (χ1) is 6.09. The highest BCUT2D eigenvalue weighted by atomic mass is 32.2. The minimum Gasteiger partial charge on any atom is -0.295 e. The Balaban J connectivity index is 2.81. The van der Waals surface area contributed by atoms with Crippen molar-refractivity contribution < 1.29 is 9.59 Å². The molecule has 3 heteroatoms. The van der Waals surface area contributed by atoms with E-state index in [4.69, 9.17) is 0 Å². The summed E-state index contributed by atoms with van der Waals surface area (Å²) in [6.07, 6.45) is 0. The maximum Gasteiger partial charge on any atom is 0.190 e. The number of carbonyl (C=O) groups excluding carboxylic acids is 2. The molecule has 68 valence electrons. The molecule has 13 heavy (non-hydrogen) atoms. The van der Waals surface area contributed by atoms with Gasteiger partial charge in [0.25, 0.3) is 0 Å². The Morgan fingerprint density at radius 3 is 2.00 bits per heavy atom. The van der Waals surface area contributed by atoms with Crippen LogP contribution in [-0.2, 0) is 4.79 Å². The van der Waals surface area contributed by atoms with Gasteiger partial charge >= 0.3 is 0 Å². The summed E-state index contributed by atoms with van der Waals surface area (Å²) in [7, 11) is 0. The van der Waals surface area contributed by atoms with Gasteiger partial charge in [-0.1, -0.05) is 23.9 Å². The van der Waals surface area contributed by atoms with Gasteiger partial charge in [-0.15, -0.1) is 0 Å². The molecule has 0 aromatic heterocycles. The molecule has 1 rings (SSSR count). The molecule has 0 aliphatic carbocycles. The van der Waals surface area contributed by atoms with E-state index in [-0.39, 0.29) is 10.9 Å². The summed E-state index contributed by atoms with van der Waals surface area (Å²) >= 11 is 1.17. The summed E-state index contributed by atoms with van der Waals surface area (Å²) in [5.74, 6) is 0.0411. The topological polar surface area (TPSA) is 34.1 Å². The predicted molar refractivity (Wildman–Crippen MR) is 53.0 cm³/mol. The van der Waals surface area contributed by atoms with Crippen molar-refractivity contribution in [2.75, 3.05) is 0 Å². The van der Waals surface area contributed by atoms with Crippen molar-refractivity contribution in [3.05, 3.63) is 29.8 Å². The number of thioether (sulfide) groups is 1. The second-order valence-electron chi connectivity index (χ2n) is 2.67. The molecule has 1 aromatic rings. The van der Waals surface area contributed by atoms with E-state index in [9.17, 15) is 9.59 Å². The molecule has 0 aliphatic heterocycles. The monoisotopic (exact) mass is 194 g/mol. The Hall–Kier alpha value is -1.09. The van der Waals surface area contributed by atoms with Gasteiger partial charge in [0, 0.05) is 17.4 Å². The summed E-state index contributed by atoms with van der Waals surface area (Å²) in [4.78, 5) is 22.5. The normalized spacial score (nSPS) is 9.69. The predicted octanol–water partition coefficient (Wildman–Crippen LogP) is 2.53. The summed E-state index contributed by atoms with van der Waals surface area (Å²) in [6, 6.07) is 7.02. The molecule has 0 aliphatic rings. The van der Waals surface area contributed by atoms with E-state index in [0.29, 0.717) is 5.56 Å². The first-order valence-electron chi connectivity index (χ1n) is 3.89. The molecule has 0 heterocycles. The van der Waals surface area contributed by atoms with Crippen LogP contribution in [0.4, 0.5) is 0 Å². The van der Waals surface area contributed by atoms with Crippen molar-refractivity contribution in [2.24, 2.45) is 0 Å². The smallest absolute Gasteiger partial charge is 0.190 e. The lowest BCUT2D eigenvalue weighted by Crippen LogP contribution is -1.90. The molecule has 0 atom stereocenters. The van der Waals surface area contributed by atoms with Gasteiger partial charge in [-0.3, -0.25) is 9.59 Å². The standard InChI is InChI=1S/C10H10O2S/c1-7(11)9-3-5-10(6-4-9)13-8(2)12/h3-6H,1-2H3. The molecule has 0 radical (unpaired) electrons. The second-order valence-corrected chi connectivity index (χ2v) is 3.92. The number of Topliss-reactive ketones (excluding diaryl/α,β-unsaturated/α-hetero) is 1. The quantitative estimate of drug-likeness (QED) is 0.536. The maximum absolute atomic E-state index is 10.9. The zero-order valence-corrected chi connectivity index (χ0v) is 8.35. The van der Waals surface area contributed by atoms with Crippen molar-refractivity contribution >= 4 is 22.7 Å². The van der Waals surface area contributed by atoms with Crippen molar-refractivity contribution in [3.8, 4) is 0 Å². The number of carbonyl (C=O) groups is 2. The largest absolute Gasteiger partial charge is 0.295 e. The van der Waals surface area contributed by atoms with Crippen molar-refractivity contribution in [3.63, 3.8) is 0 Å². The molecule has 0 spiro atoms. The van der Waals surface area contributed by atoms with Crippen LogP contribution in [0.3, 0.4) is 0 Å². The number of hydrogen-bond donors (Lipinski definition) is 0. The van der Waals surface area contributed by atoms with Crippen LogP contribution in [0.25, 0.3) is 0 Å². The lowest BCUT2D eigenvalue weighted by molar-refractivity contribution is -0.109. The lowest BCUT2D eigenvalue weighted by Gasteiger charge is -1.98. The minimum absolute atomic E-state index is 0.0411. The highest BCUT2D eigenvalue weighted by molar-refractivity contribution is 8.13. The fourth-order valence-corrected chi connectivity index (χ4v) is 1.53. The summed E-state index contributed by atoms with van der Waals surface area (Å²) in [5.41, 5.74) is 0.674. The molecule has 0 amide bonds. The average molecular weight is 194 g/mol. The van der Waals surface area contributed by atoms with Crippen LogP contribution in [0.1, 0.15) is 24.2 Å². The van der Waals surface area contributed by atoms with Gasteiger partial charge in [0.2, 0.25) is 0 Å². The molecule has 0 saturated heterocycles. The number of hydrogen-bond acceptors (Lipinski definition) is 3. The highest BCUT2D eigenvalue weighted by Gasteiger charge is 2.00. The second kappa shape index (κ2) is 4.23. The molecule has 1 aromatic carbocycles. The summed E-state index contributed by atoms with van der Waals surface area (Å²) < 4.78 is 0. The van der Waals surface area contributed by atoms with Crippen LogP contribution in [0.15, 0.2) is 29.2 Å². The fraction of sp³-hybridized carbons (Fsp3) is 0.200. The van der Waals surface area contributed by atoms with Crippen LogP contribution >= 0.6 is 11.8 Å². The Kier molecular flexibility index (Phi) is 3.25. The first kappa shape index (κ1) is 9.99. The van der Waals surface area contributed by atoms with Gasteiger partial charge in [0.1, 0.15) is 0 Å². The van der Waals surface area contributed by atoms with Crippen LogP contribution in [0.2, 0.25) is 0 Å². The van der Waals surface area contributed by atoms with Crippen LogP contribution in [0.5, 0.6) is 0 Å². The van der Waals surface area contributed by atoms with Crippen molar-refractivity contribution in [2.45, 2.75) is 18.7 Å². The third kappa shape index (κ3) is 3.03. The van der Waals surface area contributed by atoms with Crippen molar-refractivity contribution in [1.82, 2.24) is 0 Å². The van der Waals surface area contributed by atoms with E-state index in [1.54, 1.807) is 24.3 Å². The summed E-state index contributed by atoms with van der Waals surface area (Å²) in [5, 5.41) is 0.0515. The SMILES string of the molecule is CC(=O)Sc1ccc(C(C)=O)cc1. The molecular weight excluding hydrogens is 184 g/mol. The third-order valence-corrected chi connectivity index (χ3v) is 2.32. The van der Waals surface area contributed by atoms with Crippen LogP contribution in [-0.4, -0.2) is 10.9 Å². The van der Waals surface area contributed by atoms with Gasteiger partial charge in [-0.2, -0.15) is 0 Å². The zero-order chi connectivity index (χ0) is 9.84. The molecule has 0 saturated carbocycles. The van der Waals surface area contributed by atoms with E-state index in [0.717, 1.165) is 4.90 Å². The van der Waals surface area contributed by atoms with Gasteiger partial charge in [-0.05, 0) is 19.1 Å². The van der Waals surface area contributed by atoms with E-state index in [2.05, 4.69) is 0 Å². The highest BCUT2D eigenvalue weighted by Crippen LogP contribution is 2.18. The molecule has 0 unspecified atom stereocenters. The Morgan fingerprint density at radius 2 is 1.62 bits per heavy atom. The van der Waals surface area contributed by atoms with E-state index >= 15 is 0 Å². The molecule has 2 nitrogen and oxygen atoms in total. The molecule has 0 bridgehead atoms. The van der Waals surface area contributed by atoms with Crippen molar-refractivity contribution in [1.29, 1.82) is 0 Å². The average Bonchev–Trinajstić information content (AvgIpc) is 2.04. The molecule has 0 fully saturated rings. The Labute approximate surface area is 81.3 Å². The van der Waals surface area contributed by atoms with Gasteiger partial charge in [-0.25, -0.2) is 0 Å². The zero-order valence-electron chi connectivity index (χ0n) is 7.53. The number of ketones is 1. The van der Waals surface area contributed by atoms with Crippen LogP contribution < -0.4 is 0 Å². The van der Waals surface area contributed by atoms with E-state index < -0.39 is 0 Å². The van der Waals surface area contributed by atoms with Gasteiger partial charge in [0.15, 0.2) is 10.9 Å². The van der Waals surface area contributed by atoms with E-state index in [1.165, 1.54) is 25.6 Å². The van der Waals surface area contributed by atoms with Crippen LogP contribution in [0, 0.1) is 0 Å². The van der Waals surface area contributed by atoms with Gasteiger partial charge < -0.3 is 0 Å². The minimum atomic E-state index is 0.0411. The third-order valence-electron chi connectivity index (χ3n) is 1.52. The number of benzene rings is 1. The van der Waals surface area contributed by atoms with Gasteiger partial charge in [0.05, 0.1) is 0 Å². The lowest BCUT2D eigenvalue weighted by atomic mass is 10.2. The van der Waals surface area contributed by atoms with E-state index in [1.807, 2.05) is 0 Å². The fourth-order valence-electron chi connectivity index (χ4n) is 0.924. The summed E-state index contributed by atoms with van der Waals surface area (Å²) in [6.45, 7) is 3.04. The first-order valence-corrected chi connectivity index (χ1v) is 4.70. The Bertz CT molecular complexity index is 327. The molecule has 0 N–H and O–H groups in total.